The van der Waals surface area contributed by atoms with Gasteiger partial charge in [0, 0.05) is 10.7 Å². The van der Waals surface area contributed by atoms with Gasteiger partial charge in [-0.05, 0) is 37.3 Å². The second kappa shape index (κ2) is 4.44. The van der Waals surface area contributed by atoms with Crippen molar-refractivity contribution in [2.24, 2.45) is 0 Å². The van der Waals surface area contributed by atoms with Crippen molar-refractivity contribution in [3.8, 4) is 11.8 Å². The molecule has 0 aliphatic heterocycles. The van der Waals surface area contributed by atoms with E-state index in [1.54, 1.807) is 30.3 Å². The fourth-order valence-corrected chi connectivity index (χ4v) is 1.84. The van der Waals surface area contributed by atoms with E-state index in [0.717, 1.165) is 5.69 Å². The third-order valence-corrected chi connectivity index (χ3v) is 2.70. The van der Waals surface area contributed by atoms with Crippen LogP contribution in [0.15, 0.2) is 41.2 Å². The first-order valence-corrected chi connectivity index (χ1v) is 5.40. The number of halogens is 1. The Hall–Kier alpha value is -2.05. The van der Waals surface area contributed by atoms with Crippen molar-refractivity contribution in [3.63, 3.8) is 0 Å². The zero-order valence-corrected chi connectivity index (χ0v) is 9.90. The Morgan fingerprint density at radius 3 is 2.71 bits per heavy atom. The Bertz CT molecular complexity index is 668. The number of rotatable bonds is 1. The van der Waals surface area contributed by atoms with Gasteiger partial charge in [-0.1, -0.05) is 17.7 Å². The van der Waals surface area contributed by atoms with Crippen LogP contribution in [0.25, 0.3) is 5.69 Å². The zero-order chi connectivity index (χ0) is 12.4. The van der Waals surface area contributed by atoms with Gasteiger partial charge in [-0.3, -0.25) is 9.36 Å². The van der Waals surface area contributed by atoms with Crippen molar-refractivity contribution in [2.75, 3.05) is 0 Å². The summed E-state index contributed by atoms with van der Waals surface area (Å²) in [5, 5.41) is 9.40. The topological polar surface area (TPSA) is 45.8 Å². The summed E-state index contributed by atoms with van der Waals surface area (Å²) < 4.78 is 1.48. The minimum atomic E-state index is -0.324. The molecule has 2 aromatic rings. The van der Waals surface area contributed by atoms with E-state index < -0.39 is 0 Å². The van der Waals surface area contributed by atoms with Crippen LogP contribution in [0.1, 0.15) is 11.3 Å². The number of nitriles is 1. The predicted molar refractivity (Wildman–Crippen MR) is 66.5 cm³/mol. The van der Waals surface area contributed by atoms with Crippen molar-refractivity contribution in [2.45, 2.75) is 6.92 Å². The molecular formula is C13H9ClN2O. The van der Waals surface area contributed by atoms with Crippen LogP contribution < -0.4 is 5.56 Å². The van der Waals surface area contributed by atoms with Crippen molar-refractivity contribution < 1.29 is 0 Å². The maximum atomic E-state index is 12.0. The molecule has 0 bridgehead atoms. The zero-order valence-electron chi connectivity index (χ0n) is 9.14. The predicted octanol–water partition coefficient (Wildman–Crippen LogP) is 2.67. The molecule has 0 aliphatic rings. The van der Waals surface area contributed by atoms with Gasteiger partial charge < -0.3 is 0 Å². The van der Waals surface area contributed by atoms with Crippen LogP contribution >= 0.6 is 11.6 Å². The van der Waals surface area contributed by atoms with Crippen molar-refractivity contribution in [3.05, 3.63) is 63.0 Å². The van der Waals surface area contributed by atoms with E-state index in [2.05, 4.69) is 0 Å². The molecule has 0 saturated heterocycles. The Labute approximate surface area is 104 Å². The molecule has 84 valence electrons. The Kier molecular flexibility index (Phi) is 2.99. The normalized spacial score (nSPS) is 9.94. The van der Waals surface area contributed by atoms with Crippen LogP contribution in [-0.4, -0.2) is 4.57 Å². The van der Waals surface area contributed by atoms with Crippen LogP contribution in [0.4, 0.5) is 0 Å². The largest absolute Gasteiger partial charge is 0.280 e. The van der Waals surface area contributed by atoms with E-state index in [4.69, 9.17) is 16.9 Å². The minimum absolute atomic E-state index is 0.121. The van der Waals surface area contributed by atoms with Crippen LogP contribution in [0.5, 0.6) is 0 Å². The summed E-state index contributed by atoms with van der Waals surface area (Å²) in [5.74, 6) is 0. The molecule has 0 aliphatic carbocycles. The molecule has 2 rings (SSSR count). The molecular weight excluding hydrogens is 236 g/mol. The molecule has 1 aromatic carbocycles. The van der Waals surface area contributed by atoms with Crippen molar-refractivity contribution >= 4 is 11.6 Å². The molecule has 0 atom stereocenters. The highest BCUT2D eigenvalue weighted by Crippen LogP contribution is 2.15. The molecule has 0 unspecified atom stereocenters. The highest BCUT2D eigenvalue weighted by atomic mass is 35.5. The molecule has 17 heavy (non-hydrogen) atoms. The van der Waals surface area contributed by atoms with Crippen molar-refractivity contribution in [1.29, 1.82) is 5.26 Å². The van der Waals surface area contributed by atoms with Crippen molar-refractivity contribution in [1.82, 2.24) is 4.57 Å². The Morgan fingerprint density at radius 1 is 1.29 bits per heavy atom. The molecule has 1 heterocycles. The first-order chi connectivity index (χ1) is 8.13. The van der Waals surface area contributed by atoms with Gasteiger partial charge in [0.2, 0.25) is 0 Å². The van der Waals surface area contributed by atoms with Crippen LogP contribution in [-0.2, 0) is 0 Å². The number of benzene rings is 1. The van der Waals surface area contributed by atoms with Crippen LogP contribution in [0.2, 0.25) is 5.02 Å². The fraction of sp³-hybridized carbons (Fsp3) is 0.0769. The molecule has 1 aromatic heterocycles. The Morgan fingerprint density at radius 2 is 2.06 bits per heavy atom. The number of hydrogen-bond acceptors (Lipinski definition) is 2. The lowest BCUT2D eigenvalue weighted by atomic mass is 10.2. The number of hydrogen-bond donors (Lipinski definition) is 0. The smallest absolute Gasteiger partial charge is 0.273 e. The second-order valence-corrected chi connectivity index (χ2v) is 4.06. The fourth-order valence-electron chi connectivity index (χ4n) is 1.65. The number of pyridine rings is 1. The Balaban J connectivity index is 2.76. The van der Waals surface area contributed by atoms with Crippen LogP contribution in [0, 0.1) is 18.3 Å². The van der Waals surface area contributed by atoms with E-state index in [1.807, 2.05) is 13.0 Å². The number of aromatic nitrogens is 1. The van der Waals surface area contributed by atoms with Crippen LogP contribution in [0.3, 0.4) is 0 Å². The van der Waals surface area contributed by atoms with E-state index in [9.17, 15) is 4.79 Å². The van der Waals surface area contributed by atoms with Gasteiger partial charge in [0.15, 0.2) is 0 Å². The summed E-state index contributed by atoms with van der Waals surface area (Å²) in [4.78, 5) is 12.0. The summed E-state index contributed by atoms with van der Waals surface area (Å²) in [5.41, 5.74) is 1.22. The van der Waals surface area contributed by atoms with E-state index >= 15 is 0 Å². The monoisotopic (exact) mass is 244 g/mol. The average Bonchev–Trinajstić information content (AvgIpc) is 2.29. The maximum absolute atomic E-state index is 12.0. The average molecular weight is 245 g/mol. The lowest BCUT2D eigenvalue weighted by Gasteiger charge is -2.10. The molecule has 0 amide bonds. The van der Waals surface area contributed by atoms with Gasteiger partial charge in [-0.25, -0.2) is 0 Å². The molecule has 0 spiro atoms. The van der Waals surface area contributed by atoms with Gasteiger partial charge in [0.25, 0.3) is 5.56 Å². The molecule has 3 nitrogen and oxygen atoms in total. The van der Waals surface area contributed by atoms with Gasteiger partial charge in [0.05, 0.1) is 5.69 Å². The summed E-state index contributed by atoms with van der Waals surface area (Å²) in [6.07, 6.45) is 0. The minimum Gasteiger partial charge on any atom is -0.280 e. The first-order valence-electron chi connectivity index (χ1n) is 5.02. The second-order valence-electron chi connectivity index (χ2n) is 3.62. The standard InChI is InChI=1S/C13H9ClN2O/c1-9-5-6-10(8-15)13(17)16(9)12-4-2-3-11(14)7-12/h2-7H,1H3. The SMILES string of the molecule is Cc1ccc(C#N)c(=O)n1-c1cccc(Cl)c1. The maximum Gasteiger partial charge on any atom is 0.273 e. The third kappa shape index (κ3) is 2.08. The molecule has 0 N–H and O–H groups in total. The lowest BCUT2D eigenvalue weighted by molar-refractivity contribution is 0.928. The summed E-state index contributed by atoms with van der Waals surface area (Å²) in [7, 11) is 0. The molecule has 0 fully saturated rings. The van der Waals surface area contributed by atoms with Gasteiger partial charge in [0.1, 0.15) is 11.6 Å². The summed E-state index contributed by atoms with van der Waals surface area (Å²) in [6.45, 7) is 1.81. The lowest BCUT2D eigenvalue weighted by Crippen LogP contribution is -2.22. The van der Waals surface area contributed by atoms with E-state index in [-0.39, 0.29) is 11.1 Å². The van der Waals surface area contributed by atoms with E-state index in [1.165, 1.54) is 10.6 Å². The molecule has 0 saturated carbocycles. The molecule has 4 heteroatoms. The van der Waals surface area contributed by atoms with Gasteiger partial charge in [-0.2, -0.15) is 5.26 Å². The number of aryl methyl sites for hydroxylation is 1. The van der Waals surface area contributed by atoms with Gasteiger partial charge in [-0.15, -0.1) is 0 Å². The number of nitrogens with zero attached hydrogens (tertiary/aromatic N) is 2. The third-order valence-electron chi connectivity index (χ3n) is 2.46. The molecule has 0 radical (unpaired) electrons. The summed E-state index contributed by atoms with van der Waals surface area (Å²) in [6, 6.07) is 12.1. The first kappa shape index (κ1) is 11.4. The highest BCUT2D eigenvalue weighted by molar-refractivity contribution is 6.30. The quantitative estimate of drug-likeness (QED) is 0.774. The summed E-state index contributed by atoms with van der Waals surface area (Å²) >= 11 is 5.89. The van der Waals surface area contributed by atoms with E-state index in [0.29, 0.717) is 10.7 Å². The highest BCUT2D eigenvalue weighted by Gasteiger charge is 2.07. The van der Waals surface area contributed by atoms with Gasteiger partial charge >= 0.3 is 0 Å².